The average Bonchev–Trinajstić information content (AvgIpc) is 3.29. The van der Waals surface area contributed by atoms with Gasteiger partial charge >= 0.3 is 0 Å². The van der Waals surface area contributed by atoms with Crippen LogP contribution in [-0.2, 0) is 6.61 Å². The molecular formula is C15H15ClN2O2. The van der Waals surface area contributed by atoms with Gasteiger partial charge in [0, 0.05) is 11.5 Å². The summed E-state index contributed by atoms with van der Waals surface area (Å²) in [4.78, 5) is 8.77. The third kappa shape index (κ3) is 2.76. The van der Waals surface area contributed by atoms with E-state index in [2.05, 4.69) is 9.97 Å². The molecule has 1 aromatic carbocycles. The van der Waals surface area contributed by atoms with Crippen LogP contribution in [0.4, 0.5) is 0 Å². The molecular weight excluding hydrogens is 276 g/mol. The Morgan fingerprint density at radius 1 is 1.25 bits per heavy atom. The molecule has 2 aromatic rings. The maximum absolute atomic E-state index is 9.02. The van der Waals surface area contributed by atoms with E-state index in [0.29, 0.717) is 22.7 Å². The molecule has 1 heterocycles. The predicted octanol–water partition coefficient (Wildman–Crippen LogP) is 3.60. The van der Waals surface area contributed by atoms with E-state index in [4.69, 9.17) is 21.4 Å². The zero-order chi connectivity index (χ0) is 14.1. The normalized spacial score (nSPS) is 14.3. The van der Waals surface area contributed by atoms with Crippen molar-refractivity contribution in [3.63, 3.8) is 0 Å². The van der Waals surface area contributed by atoms with Gasteiger partial charge in [0.05, 0.1) is 6.61 Å². The Labute approximate surface area is 122 Å². The highest BCUT2D eigenvalue weighted by atomic mass is 35.5. The van der Waals surface area contributed by atoms with Gasteiger partial charge in [-0.25, -0.2) is 4.98 Å². The number of rotatable bonds is 4. The van der Waals surface area contributed by atoms with E-state index in [0.717, 1.165) is 29.8 Å². The summed E-state index contributed by atoms with van der Waals surface area (Å²) in [5.74, 6) is 2.36. The maximum Gasteiger partial charge on any atom is 0.226 e. The second-order valence-corrected chi connectivity index (χ2v) is 5.34. The van der Waals surface area contributed by atoms with Crippen molar-refractivity contribution in [2.24, 2.45) is 0 Å². The minimum absolute atomic E-state index is 0.0183. The van der Waals surface area contributed by atoms with Gasteiger partial charge < -0.3 is 9.84 Å². The van der Waals surface area contributed by atoms with Gasteiger partial charge in [0.2, 0.25) is 5.88 Å². The summed E-state index contributed by atoms with van der Waals surface area (Å²) in [7, 11) is 0. The lowest BCUT2D eigenvalue weighted by Crippen LogP contribution is -2.00. The Hall–Kier alpha value is -1.65. The quantitative estimate of drug-likeness (QED) is 0.874. The van der Waals surface area contributed by atoms with Gasteiger partial charge in [-0.1, -0.05) is 23.7 Å². The van der Waals surface area contributed by atoms with Gasteiger partial charge in [-0.05, 0) is 37.5 Å². The van der Waals surface area contributed by atoms with Crippen molar-refractivity contribution in [2.75, 3.05) is 0 Å². The minimum atomic E-state index is 0.0183. The molecule has 1 saturated carbocycles. The van der Waals surface area contributed by atoms with Crippen LogP contribution in [-0.4, -0.2) is 15.1 Å². The standard InChI is InChI=1S/C15H15ClN2O2/c1-9-13(16)17-14(11-4-5-11)18-15(9)20-12-6-2-10(8-19)3-7-12/h2-3,6-7,11,19H,4-5,8H2,1H3. The summed E-state index contributed by atoms with van der Waals surface area (Å²) < 4.78 is 5.79. The Bertz CT molecular complexity index is 625. The molecule has 1 fully saturated rings. The third-order valence-corrected chi connectivity index (χ3v) is 3.69. The van der Waals surface area contributed by atoms with Crippen LogP contribution in [0.5, 0.6) is 11.6 Å². The number of aliphatic hydroxyl groups excluding tert-OH is 1. The molecule has 1 aromatic heterocycles. The van der Waals surface area contributed by atoms with E-state index in [1.807, 2.05) is 19.1 Å². The second kappa shape index (κ2) is 5.38. The fourth-order valence-electron chi connectivity index (χ4n) is 1.88. The molecule has 20 heavy (non-hydrogen) atoms. The Kier molecular flexibility index (Phi) is 3.59. The van der Waals surface area contributed by atoms with Crippen molar-refractivity contribution < 1.29 is 9.84 Å². The maximum atomic E-state index is 9.02. The van der Waals surface area contributed by atoms with E-state index >= 15 is 0 Å². The zero-order valence-corrected chi connectivity index (χ0v) is 11.9. The van der Waals surface area contributed by atoms with Crippen LogP contribution < -0.4 is 4.74 Å². The number of ether oxygens (including phenoxy) is 1. The Morgan fingerprint density at radius 2 is 1.95 bits per heavy atom. The molecule has 0 spiro atoms. The molecule has 0 radical (unpaired) electrons. The minimum Gasteiger partial charge on any atom is -0.439 e. The van der Waals surface area contributed by atoms with Crippen LogP contribution in [0.15, 0.2) is 24.3 Å². The van der Waals surface area contributed by atoms with Gasteiger partial charge in [-0.3, -0.25) is 0 Å². The highest BCUT2D eigenvalue weighted by molar-refractivity contribution is 6.30. The van der Waals surface area contributed by atoms with Crippen molar-refractivity contribution in [3.05, 3.63) is 46.4 Å². The molecule has 1 N–H and O–H groups in total. The number of benzene rings is 1. The van der Waals surface area contributed by atoms with Crippen molar-refractivity contribution in [1.29, 1.82) is 0 Å². The molecule has 0 unspecified atom stereocenters. The van der Waals surface area contributed by atoms with E-state index in [-0.39, 0.29) is 6.61 Å². The van der Waals surface area contributed by atoms with Crippen molar-refractivity contribution in [1.82, 2.24) is 9.97 Å². The number of aromatic nitrogens is 2. The molecule has 104 valence electrons. The van der Waals surface area contributed by atoms with Crippen LogP contribution in [0.2, 0.25) is 5.15 Å². The van der Waals surface area contributed by atoms with Gasteiger partial charge in [0.25, 0.3) is 0 Å². The summed E-state index contributed by atoms with van der Waals surface area (Å²) >= 11 is 6.14. The first-order valence-corrected chi connectivity index (χ1v) is 6.97. The first-order chi connectivity index (χ1) is 9.67. The van der Waals surface area contributed by atoms with Crippen LogP contribution >= 0.6 is 11.6 Å². The number of aliphatic hydroxyl groups is 1. The number of hydrogen-bond donors (Lipinski definition) is 1. The summed E-state index contributed by atoms with van der Waals surface area (Å²) in [5, 5.41) is 9.47. The molecule has 5 heteroatoms. The third-order valence-electron chi connectivity index (χ3n) is 3.32. The van der Waals surface area contributed by atoms with Gasteiger partial charge in [-0.15, -0.1) is 0 Å². The SMILES string of the molecule is Cc1c(Cl)nc(C2CC2)nc1Oc1ccc(CO)cc1. The molecule has 0 bridgehead atoms. The molecule has 0 aliphatic heterocycles. The Balaban J connectivity index is 1.88. The number of halogens is 1. The lowest BCUT2D eigenvalue weighted by Gasteiger charge is -2.10. The lowest BCUT2D eigenvalue weighted by atomic mass is 10.2. The summed E-state index contributed by atoms with van der Waals surface area (Å²) in [6.07, 6.45) is 2.23. The number of nitrogens with zero attached hydrogens (tertiary/aromatic N) is 2. The van der Waals surface area contributed by atoms with E-state index in [1.165, 1.54) is 0 Å². The first-order valence-electron chi connectivity index (χ1n) is 6.59. The highest BCUT2D eigenvalue weighted by Crippen LogP contribution is 2.40. The largest absolute Gasteiger partial charge is 0.439 e. The molecule has 0 atom stereocenters. The van der Waals surface area contributed by atoms with E-state index < -0.39 is 0 Å². The monoisotopic (exact) mass is 290 g/mol. The van der Waals surface area contributed by atoms with Crippen LogP contribution in [0.25, 0.3) is 0 Å². The smallest absolute Gasteiger partial charge is 0.226 e. The Morgan fingerprint density at radius 3 is 2.55 bits per heavy atom. The van der Waals surface area contributed by atoms with Crippen LogP contribution in [0, 0.1) is 6.92 Å². The van der Waals surface area contributed by atoms with Crippen molar-refractivity contribution in [3.8, 4) is 11.6 Å². The second-order valence-electron chi connectivity index (χ2n) is 4.98. The molecule has 3 rings (SSSR count). The fourth-order valence-corrected chi connectivity index (χ4v) is 2.05. The van der Waals surface area contributed by atoms with Crippen molar-refractivity contribution in [2.45, 2.75) is 32.3 Å². The number of hydrogen-bond acceptors (Lipinski definition) is 4. The highest BCUT2D eigenvalue weighted by Gasteiger charge is 2.28. The summed E-state index contributed by atoms with van der Waals surface area (Å²) in [6, 6.07) is 7.24. The summed E-state index contributed by atoms with van der Waals surface area (Å²) in [5.41, 5.74) is 1.58. The molecule has 0 saturated heterocycles. The first kappa shape index (κ1) is 13.3. The average molecular weight is 291 g/mol. The van der Waals surface area contributed by atoms with Gasteiger partial charge in [0.1, 0.15) is 16.7 Å². The van der Waals surface area contributed by atoms with E-state index in [9.17, 15) is 0 Å². The summed E-state index contributed by atoms with van der Waals surface area (Å²) in [6.45, 7) is 1.86. The molecule has 4 nitrogen and oxygen atoms in total. The van der Waals surface area contributed by atoms with Crippen LogP contribution in [0.3, 0.4) is 0 Å². The molecule has 1 aliphatic carbocycles. The van der Waals surface area contributed by atoms with Gasteiger partial charge in [-0.2, -0.15) is 4.98 Å². The predicted molar refractivity (Wildman–Crippen MR) is 76.2 cm³/mol. The van der Waals surface area contributed by atoms with Crippen molar-refractivity contribution >= 4 is 11.6 Å². The topological polar surface area (TPSA) is 55.2 Å². The molecule has 0 amide bonds. The van der Waals surface area contributed by atoms with Gasteiger partial charge in [0.15, 0.2) is 0 Å². The fraction of sp³-hybridized carbons (Fsp3) is 0.333. The van der Waals surface area contributed by atoms with E-state index in [1.54, 1.807) is 12.1 Å². The lowest BCUT2D eigenvalue weighted by molar-refractivity contribution is 0.281. The van der Waals surface area contributed by atoms with Crippen LogP contribution in [0.1, 0.15) is 35.7 Å². The molecule has 1 aliphatic rings. The zero-order valence-electron chi connectivity index (χ0n) is 11.1.